The molecular formula is C12H20F3N3O3. The number of likely N-dealkylation sites (N-methyl/N-ethyl adjacent to an activating group) is 1. The summed E-state index contributed by atoms with van der Waals surface area (Å²) in [5.41, 5.74) is -3.31. The number of amides is 2. The van der Waals surface area contributed by atoms with Crippen molar-refractivity contribution in [3.05, 3.63) is 0 Å². The molecule has 1 aliphatic rings. The second-order valence-corrected chi connectivity index (χ2v) is 5.39. The van der Waals surface area contributed by atoms with Crippen molar-refractivity contribution >= 4 is 12.0 Å². The van der Waals surface area contributed by atoms with Crippen LogP contribution in [-0.2, 0) is 4.79 Å². The molecule has 0 radical (unpaired) electrons. The molecule has 1 fully saturated rings. The lowest BCUT2D eigenvalue weighted by atomic mass is 10.0. The van der Waals surface area contributed by atoms with E-state index in [1.54, 1.807) is 0 Å². The molecule has 0 bridgehead atoms. The van der Waals surface area contributed by atoms with Crippen LogP contribution in [0.25, 0.3) is 0 Å². The number of halogens is 3. The quantitative estimate of drug-likeness (QED) is 0.728. The van der Waals surface area contributed by atoms with Crippen molar-refractivity contribution in [3.63, 3.8) is 0 Å². The Morgan fingerprint density at radius 2 is 1.95 bits per heavy atom. The van der Waals surface area contributed by atoms with E-state index in [-0.39, 0.29) is 12.6 Å². The van der Waals surface area contributed by atoms with Gasteiger partial charge >= 0.3 is 18.2 Å². The fraction of sp³-hybridized carbons (Fsp3) is 0.833. The number of aliphatic carboxylic acids is 1. The smallest absolute Gasteiger partial charge is 0.422 e. The standard InChI is InChI=1S/C12H20F3N3O3/c1-11(9(19)20,12(13,14)15)17-10(21)16-7-8-5-3-4-6-18(8)2/h8H,3-7H2,1-2H3,(H,19,20)(H2,16,17,21). The number of carboxylic acids is 1. The molecule has 0 aliphatic carbocycles. The normalized spacial score (nSPS) is 23.2. The molecule has 0 aromatic rings. The van der Waals surface area contributed by atoms with Gasteiger partial charge in [-0.25, -0.2) is 9.59 Å². The van der Waals surface area contributed by atoms with Crippen molar-refractivity contribution in [2.24, 2.45) is 0 Å². The van der Waals surface area contributed by atoms with Crippen molar-refractivity contribution in [3.8, 4) is 0 Å². The number of piperidine rings is 1. The first-order valence-electron chi connectivity index (χ1n) is 6.64. The van der Waals surface area contributed by atoms with Gasteiger partial charge in [-0.2, -0.15) is 13.2 Å². The highest BCUT2D eigenvalue weighted by Gasteiger charge is 2.58. The molecule has 3 N–H and O–H groups in total. The number of hydrogen-bond donors (Lipinski definition) is 3. The van der Waals surface area contributed by atoms with E-state index in [4.69, 9.17) is 5.11 Å². The van der Waals surface area contributed by atoms with Gasteiger partial charge in [0.2, 0.25) is 5.54 Å². The molecule has 0 aromatic carbocycles. The molecule has 2 unspecified atom stereocenters. The molecule has 1 aliphatic heterocycles. The van der Waals surface area contributed by atoms with E-state index in [9.17, 15) is 22.8 Å². The van der Waals surface area contributed by atoms with Crippen LogP contribution < -0.4 is 10.6 Å². The third-order valence-electron chi connectivity index (χ3n) is 3.78. The van der Waals surface area contributed by atoms with E-state index in [1.165, 1.54) is 5.32 Å². The van der Waals surface area contributed by atoms with Crippen LogP contribution in [0.4, 0.5) is 18.0 Å². The number of carbonyl (C=O) groups excluding carboxylic acids is 1. The number of nitrogens with zero attached hydrogens (tertiary/aromatic N) is 1. The van der Waals surface area contributed by atoms with Gasteiger partial charge in [-0.15, -0.1) is 0 Å². The summed E-state index contributed by atoms with van der Waals surface area (Å²) >= 11 is 0. The van der Waals surface area contributed by atoms with Crippen LogP contribution in [-0.4, -0.2) is 59.9 Å². The van der Waals surface area contributed by atoms with Crippen LogP contribution in [0.15, 0.2) is 0 Å². The lowest BCUT2D eigenvalue weighted by molar-refractivity contribution is -0.203. The van der Waals surface area contributed by atoms with E-state index >= 15 is 0 Å². The first-order valence-corrected chi connectivity index (χ1v) is 6.64. The summed E-state index contributed by atoms with van der Waals surface area (Å²) in [4.78, 5) is 24.4. The molecule has 1 rings (SSSR count). The molecular weight excluding hydrogens is 291 g/mol. The SMILES string of the molecule is CN1CCCCC1CNC(=O)NC(C)(C(=O)O)C(F)(F)F. The Bertz CT molecular complexity index is 403. The number of hydrogen-bond acceptors (Lipinski definition) is 3. The Morgan fingerprint density at radius 1 is 1.33 bits per heavy atom. The average molecular weight is 311 g/mol. The summed E-state index contributed by atoms with van der Waals surface area (Å²) in [5, 5.41) is 12.5. The Labute approximate surface area is 120 Å². The minimum absolute atomic E-state index is 0.0477. The molecule has 1 saturated heterocycles. The number of carbonyl (C=O) groups is 2. The van der Waals surface area contributed by atoms with E-state index in [0.717, 1.165) is 25.8 Å². The fourth-order valence-electron chi connectivity index (χ4n) is 2.13. The molecule has 122 valence electrons. The highest BCUT2D eigenvalue weighted by Crippen LogP contribution is 2.30. The monoisotopic (exact) mass is 311 g/mol. The highest BCUT2D eigenvalue weighted by molar-refractivity contribution is 5.86. The second-order valence-electron chi connectivity index (χ2n) is 5.39. The van der Waals surface area contributed by atoms with Gasteiger partial charge in [-0.1, -0.05) is 6.42 Å². The molecule has 0 spiro atoms. The topological polar surface area (TPSA) is 81.7 Å². The van der Waals surface area contributed by atoms with E-state index < -0.39 is 23.7 Å². The van der Waals surface area contributed by atoms with Crippen LogP contribution in [0.5, 0.6) is 0 Å². The first kappa shape index (κ1) is 17.5. The maximum Gasteiger partial charge on any atom is 0.422 e. The molecule has 0 saturated carbocycles. The second kappa shape index (κ2) is 6.50. The maximum atomic E-state index is 12.7. The molecule has 1 heterocycles. The van der Waals surface area contributed by atoms with Gasteiger partial charge in [0.05, 0.1) is 0 Å². The van der Waals surface area contributed by atoms with Crippen molar-refractivity contribution in [2.75, 3.05) is 20.1 Å². The Morgan fingerprint density at radius 3 is 2.43 bits per heavy atom. The summed E-state index contributed by atoms with van der Waals surface area (Å²) in [6.07, 6.45) is -2.21. The summed E-state index contributed by atoms with van der Waals surface area (Å²) in [7, 11) is 1.88. The van der Waals surface area contributed by atoms with Crippen LogP contribution in [0.1, 0.15) is 26.2 Å². The maximum absolute atomic E-state index is 12.7. The van der Waals surface area contributed by atoms with Crippen molar-refractivity contribution < 1.29 is 27.9 Å². The molecule has 0 aromatic heterocycles. The van der Waals surface area contributed by atoms with Gasteiger partial charge in [0.25, 0.3) is 0 Å². The number of carboxylic acid groups (broad SMARTS) is 1. The number of alkyl halides is 3. The fourth-order valence-corrected chi connectivity index (χ4v) is 2.13. The Balaban J connectivity index is 2.57. The van der Waals surface area contributed by atoms with Gasteiger partial charge in [0, 0.05) is 12.6 Å². The number of nitrogens with one attached hydrogen (secondary N) is 2. The zero-order chi connectivity index (χ0) is 16.3. The third-order valence-corrected chi connectivity index (χ3v) is 3.78. The van der Waals surface area contributed by atoms with Crippen molar-refractivity contribution in [2.45, 2.75) is 43.9 Å². The van der Waals surface area contributed by atoms with E-state index in [0.29, 0.717) is 6.92 Å². The number of urea groups is 1. The van der Waals surface area contributed by atoms with E-state index in [1.807, 2.05) is 11.9 Å². The molecule has 9 heteroatoms. The van der Waals surface area contributed by atoms with Gasteiger partial charge < -0.3 is 20.6 Å². The van der Waals surface area contributed by atoms with Crippen LogP contribution in [0, 0.1) is 0 Å². The minimum Gasteiger partial charge on any atom is -0.479 e. The van der Waals surface area contributed by atoms with Gasteiger partial charge in [-0.05, 0) is 33.4 Å². The number of likely N-dealkylation sites (tertiary alicyclic amines) is 1. The van der Waals surface area contributed by atoms with E-state index in [2.05, 4.69) is 5.32 Å². The third kappa shape index (κ3) is 4.23. The number of rotatable bonds is 4. The zero-order valence-electron chi connectivity index (χ0n) is 12.0. The zero-order valence-corrected chi connectivity index (χ0v) is 12.0. The predicted molar refractivity (Wildman–Crippen MR) is 68.9 cm³/mol. The summed E-state index contributed by atoms with van der Waals surface area (Å²) in [6.45, 7) is 1.46. The average Bonchev–Trinajstić information content (AvgIpc) is 2.36. The van der Waals surface area contributed by atoms with Crippen molar-refractivity contribution in [1.82, 2.24) is 15.5 Å². The Kier molecular flexibility index (Phi) is 5.43. The molecule has 2 atom stereocenters. The van der Waals surface area contributed by atoms with Crippen LogP contribution >= 0.6 is 0 Å². The van der Waals surface area contributed by atoms with Crippen LogP contribution in [0.2, 0.25) is 0 Å². The Hall–Kier alpha value is -1.51. The van der Waals surface area contributed by atoms with Crippen LogP contribution in [0.3, 0.4) is 0 Å². The minimum atomic E-state index is -5.09. The summed E-state index contributed by atoms with van der Waals surface area (Å²) in [6, 6.07) is -1.09. The lowest BCUT2D eigenvalue weighted by Gasteiger charge is -2.33. The molecule has 21 heavy (non-hydrogen) atoms. The molecule has 2 amide bonds. The molecule has 6 nitrogen and oxygen atoms in total. The first-order chi connectivity index (χ1) is 9.58. The van der Waals surface area contributed by atoms with Crippen molar-refractivity contribution in [1.29, 1.82) is 0 Å². The lowest BCUT2D eigenvalue weighted by Crippen LogP contribution is -2.64. The van der Waals surface area contributed by atoms with Gasteiger partial charge in [-0.3, -0.25) is 0 Å². The summed E-state index contributed by atoms with van der Waals surface area (Å²) < 4.78 is 38.2. The highest BCUT2D eigenvalue weighted by atomic mass is 19.4. The van der Waals surface area contributed by atoms with Gasteiger partial charge in [0.1, 0.15) is 0 Å². The summed E-state index contributed by atoms with van der Waals surface area (Å²) in [5.74, 6) is -2.15. The van der Waals surface area contributed by atoms with Gasteiger partial charge in [0.15, 0.2) is 0 Å². The predicted octanol–water partition coefficient (Wildman–Crippen LogP) is 1.18. The largest absolute Gasteiger partial charge is 0.479 e.